The van der Waals surface area contributed by atoms with Crippen molar-refractivity contribution in [3.8, 4) is 0 Å². The van der Waals surface area contributed by atoms with Crippen LogP contribution in [0, 0.1) is 11.3 Å². The fourth-order valence-corrected chi connectivity index (χ4v) is 2.66. The molecule has 0 aromatic heterocycles. The molecule has 1 fully saturated rings. The molecule has 18 heavy (non-hydrogen) atoms. The van der Waals surface area contributed by atoms with Crippen LogP contribution in [0.1, 0.15) is 19.3 Å². The van der Waals surface area contributed by atoms with Gasteiger partial charge in [0.2, 0.25) is 0 Å². The highest BCUT2D eigenvalue weighted by atomic mass is 16.6. The third kappa shape index (κ3) is 2.27. The van der Waals surface area contributed by atoms with E-state index in [1.54, 1.807) is 6.08 Å². The van der Waals surface area contributed by atoms with Gasteiger partial charge in [-0.1, -0.05) is 12.2 Å². The number of carbonyl (C=O) groups is 2. The Hall–Kier alpha value is -1.36. The van der Waals surface area contributed by atoms with Crippen molar-refractivity contribution in [3.05, 3.63) is 12.2 Å². The molecule has 3 atom stereocenters. The molecule has 0 bridgehead atoms. The van der Waals surface area contributed by atoms with Crippen molar-refractivity contribution in [3.63, 3.8) is 0 Å². The summed E-state index contributed by atoms with van der Waals surface area (Å²) in [6.07, 6.45) is 5.62. The van der Waals surface area contributed by atoms with Crippen LogP contribution in [-0.2, 0) is 23.8 Å². The zero-order chi connectivity index (χ0) is 13.2. The monoisotopic (exact) mass is 254 g/mol. The Labute approximate surface area is 106 Å². The molecule has 100 valence electrons. The number of carbonyl (C=O) groups excluding carboxylic acids is 2. The van der Waals surface area contributed by atoms with E-state index in [9.17, 15) is 9.59 Å². The SMILES string of the molecule is COC(=O)C1CCC=CC1(CC1CO1)C(=O)OC. The normalized spacial score (nSPS) is 33.9. The number of esters is 2. The van der Waals surface area contributed by atoms with Gasteiger partial charge < -0.3 is 14.2 Å². The summed E-state index contributed by atoms with van der Waals surface area (Å²) in [5.41, 5.74) is -0.929. The van der Waals surface area contributed by atoms with Crippen LogP contribution in [0.5, 0.6) is 0 Å². The van der Waals surface area contributed by atoms with Gasteiger partial charge in [0.1, 0.15) is 5.41 Å². The van der Waals surface area contributed by atoms with Gasteiger partial charge in [-0.05, 0) is 19.3 Å². The van der Waals surface area contributed by atoms with E-state index in [2.05, 4.69) is 0 Å². The molecule has 0 radical (unpaired) electrons. The summed E-state index contributed by atoms with van der Waals surface area (Å²) in [6, 6.07) is 0. The van der Waals surface area contributed by atoms with Gasteiger partial charge in [0, 0.05) is 0 Å². The van der Waals surface area contributed by atoms with Gasteiger partial charge >= 0.3 is 11.9 Å². The lowest BCUT2D eigenvalue weighted by atomic mass is 9.67. The highest BCUT2D eigenvalue weighted by molar-refractivity contribution is 5.87. The van der Waals surface area contributed by atoms with Crippen LogP contribution < -0.4 is 0 Å². The number of hydrogen-bond donors (Lipinski definition) is 0. The maximum absolute atomic E-state index is 12.1. The molecule has 1 aliphatic carbocycles. The zero-order valence-corrected chi connectivity index (χ0v) is 10.7. The molecule has 5 nitrogen and oxygen atoms in total. The minimum Gasteiger partial charge on any atom is -0.469 e. The molecule has 0 spiro atoms. The summed E-state index contributed by atoms with van der Waals surface area (Å²) in [5.74, 6) is -1.22. The van der Waals surface area contributed by atoms with E-state index in [1.165, 1.54) is 14.2 Å². The van der Waals surface area contributed by atoms with Crippen molar-refractivity contribution in [2.24, 2.45) is 11.3 Å². The molecule has 2 rings (SSSR count). The molecule has 2 aliphatic rings. The lowest BCUT2D eigenvalue weighted by Crippen LogP contribution is -2.44. The van der Waals surface area contributed by atoms with E-state index in [0.717, 1.165) is 6.42 Å². The van der Waals surface area contributed by atoms with Crippen molar-refractivity contribution >= 4 is 11.9 Å². The molecule has 3 unspecified atom stereocenters. The highest BCUT2D eigenvalue weighted by Gasteiger charge is 2.52. The summed E-state index contributed by atoms with van der Waals surface area (Å²) < 4.78 is 14.9. The topological polar surface area (TPSA) is 65.1 Å². The average Bonchev–Trinajstić information content (AvgIpc) is 3.21. The van der Waals surface area contributed by atoms with E-state index in [-0.39, 0.29) is 18.0 Å². The van der Waals surface area contributed by atoms with Crippen LogP contribution in [-0.4, -0.2) is 38.9 Å². The smallest absolute Gasteiger partial charge is 0.316 e. The molecule has 0 amide bonds. The lowest BCUT2D eigenvalue weighted by molar-refractivity contribution is -0.164. The molecule has 0 aromatic rings. The standard InChI is InChI=1S/C13H18O5/c1-16-11(14)10-5-3-4-6-13(10,12(15)17-2)7-9-8-18-9/h4,6,9-10H,3,5,7-8H2,1-2H3. The zero-order valence-electron chi connectivity index (χ0n) is 10.7. The fourth-order valence-electron chi connectivity index (χ4n) is 2.66. The summed E-state index contributed by atoms with van der Waals surface area (Å²) in [7, 11) is 2.69. The Morgan fingerprint density at radius 1 is 1.39 bits per heavy atom. The van der Waals surface area contributed by atoms with E-state index < -0.39 is 11.3 Å². The van der Waals surface area contributed by atoms with E-state index in [0.29, 0.717) is 19.4 Å². The first-order valence-corrected chi connectivity index (χ1v) is 6.09. The summed E-state index contributed by atoms with van der Waals surface area (Å²) >= 11 is 0. The second kappa shape index (κ2) is 5.10. The molecular weight excluding hydrogens is 236 g/mol. The van der Waals surface area contributed by atoms with Crippen LogP contribution in [0.3, 0.4) is 0 Å². The molecule has 0 aromatic carbocycles. The van der Waals surface area contributed by atoms with Crippen molar-refractivity contribution < 1.29 is 23.8 Å². The van der Waals surface area contributed by atoms with Crippen LogP contribution in [0.4, 0.5) is 0 Å². The lowest BCUT2D eigenvalue weighted by Gasteiger charge is -2.36. The average molecular weight is 254 g/mol. The number of methoxy groups -OCH3 is 2. The minimum absolute atomic E-state index is 0.0407. The Bertz CT molecular complexity index is 372. The molecular formula is C13H18O5. The predicted molar refractivity (Wildman–Crippen MR) is 62.7 cm³/mol. The van der Waals surface area contributed by atoms with Crippen molar-refractivity contribution in [1.29, 1.82) is 0 Å². The predicted octanol–water partition coefficient (Wildman–Crippen LogP) is 1.07. The summed E-state index contributed by atoms with van der Waals surface area (Å²) in [6.45, 7) is 0.639. The van der Waals surface area contributed by atoms with Gasteiger partial charge in [0.25, 0.3) is 0 Å². The van der Waals surface area contributed by atoms with Gasteiger partial charge in [-0.15, -0.1) is 0 Å². The maximum atomic E-state index is 12.1. The van der Waals surface area contributed by atoms with Crippen LogP contribution in [0.2, 0.25) is 0 Å². The van der Waals surface area contributed by atoms with Gasteiger partial charge in [0.15, 0.2) is 0 Å². The highest BCUT2D eigenvalue weighted by Crippen LogP contribution is 2.44. The summed E-state index contributed by atoms with van der Waals surface area (Å²) in [4.78, 5) is 24.0. The van der Waals surface area contributed by atoms with Gasteiger partial charge in [-0.3, -0.25) is 9.59 Å². The van der Waals surface area contributed by atoms with E-state index in [4.69, 9.17) is 14.2 Å². The second-order valence-corrected chi connectivity index (χ2v) is 4.75. The van der Waals surface area contributed by atoms with Gasteiger partial charge in [0.05, 0.1) is 32.8 Å². The molecule has 1 aliphatic heterocycles. The number of ether oxygens (including phenoxy) is 3. The number of allylic oxidation sites excluding steroid dienone is 1. The number of hydrogen-bond acceptors (Lipinski definition) is 5. The second-order valence-electron chi connectivity index (χ2n) is 4.75. The first-order valence-electron chi connectivity index (χ1n) is 6.09. The van der Waals surface area contributed by atoms with Crippen molar-refractivity contribution in [2.45, 2.75) is 25.4 Å². The molecule has 0 N–H and O–H groups in total. The molecule has 0 saturated carbocycles. The Balaban J connectivity index is 2.32. The molecule has 5 heteroatoms. The largest absolute Gasteiger partial charge is 0.469 e. The summed E-state index contributed by atoms with van der Waals surface area (Å²) in [5, 5.41) is 0. The van der Waals surface area contributed by atoms with Crippen LogP contribution >= 0.6 is 0 Å². The third-order valence-corrected chi connectivity index (χ3v) is 3.68. The van der Waals surface area contributed by atoms with Crippen molar-refractivity contribution in [1.82, 2.24) is 0 Å². The van der Waals surface area contributed by atoms with Crippen LogP contribution in [0.25, 0.3) is 0 Å². The maximum Gasteiger partial charge on any atom is 0.316 e. The van der Waals surface area contributed by atoms with Gasteiger partial charge in [-0.2, -0.15) is 0 Å². The molecule has 1 saturated heterocycles. The van der Waals surface area contributed by atoms with Crippen LogP contribution in [0.15, 0.2) is 12.2 Å². The minimum atomic E-state index is -0.929. The Kier molecular flexibility index (Phi) is 3.71. The molecule has 1 heterocycles. The third-order valence-electron chi connectivity index (χ3n) is 3.68. The van der Waals surface area contributed by atoms with Gasteiger partial charge in [-0.25, -0.2) is 0 Å². The van der Waals surface area contributed by atoms with E-state index in [1.807, 2.05) is 6.08 Å². The Morgan fingerprint density at radius 2 is 2.11 bits per heavy atom. The first kappa shape index (κ1) is 13.1. The first-order chi connectivity index (χ1) is 8.64. The Morgan fingerprint density at radius 3 is 2.67 bits per heavy atom. The van der Waals surface area contributed by atoms with Crippen molar-refractivity contribution in [2.75, 3.05) is 20.8 Å². The number of rotatable bonds is 4. The number of epoxide rings is 1. The fraction of sp³-hybridized carbons (Fsp3) is 0.692. The quantitative estimate of drug-likeness (QED) is 0.426. The van der Waals surface area contributed by atoms with E-state index >= 15 is 0 Å².